The summed E-state index contributed by atoms with van der Waals surface area (Å²) in [7, 11) is 1.72. The van der Waals surface area contributed by atoms with Crippen LogP contribution in [0, 0.1) is 6.92 Å². The second kappa shape index (κ2) is 10.9. The molecule has 0 unspecified atom stereocenters. The van der Waals surface area contributed by atoms with E-state index in [9.17, 15) is 9.59 Å². The number of anilines is 1. The van der Waals surface area contributed by atoms with Gasteiger partial charge in [0.1, 0.15) is 0 Å². The van der Waals surface area contributed by atoms with Crippen molar-refractivity contribution in [3.8, 4) is 11.5 Å². The second-order valence-electron chi connectivity index (χ2n) is 8.35. The molecule has 0 spiro atoms. The van der Waals surface area contributed by atoms with E-state index in [1.54, 1.807) is 36.2 Å². The molecule has 0 radical (unpaired) electrons. The van der Waals surface area contributed by atoms with E-state index >= 15 is 0 Å². The van der Waals surface area contributed by atoms with E-state index < -0.39 is 0 Å². The molecule has 9 heteroatoms. The van der Waals surface area contributed by atoms with Crippen LogP contribution in [-0.4, -0.2) is 59.8 Å². The maximum atomic E-state index is 12.4. The van der Waals surface area contributed by atoms with Crippen LogP contribution >= 0.6 is 0 Å². The van der Waals surface area contributed by atoms with Gasteiger partial charge in [-0.3, -0.25) is 4.79 Å². The number of aryl methyl sites for hydroxylation is 1. The number of benzene rings is 2. The number of nitrogens with zero attached hydrogens (tertiary/aromatic N) is 3. The lowest BCUT2D eigenvalue weighted by molar-refractivity contribution is 0.0858. The summed E-state index contributed by atoms with van der Waals surface area (Å²) in [5.74, 6) is 0.734. The molecule has 9 nitrogen and oxygen atoms in total. The predicted molar refractivity (Wildman–Crippen MR) is 128 cm³/mol. The number of nitrogens with one attached hydrogen (secondary N) is 2. The van der Waals surface area contributed by atoms with Gasteiger partial charge in [-0.25, -0.2) is 4.79 Å². The fraction of sp³-hybridized carbons (Fsp3) is 0.360. The fourth-order valence-electron chi connectivity index (χ4n) is 3.64. The Balaban J connectivity index is 1.27. The molecule has 4 rings (SSSR count). The molecule has 0 aliphatic carbocycles. The molecule has 1 aliphatic heterocycles. The van der Waals surface area contributed by atoms with Gasteiger partial charge in [0.25, 0.3) is 11.8 Å². The molecule has 1 fully saturated rings. The maximum Gasteiger partial charge on any atom is 0.321 e. The summed E-state index contributed by atoms with van der Waals surface area (Å²) in [6.07, 6.45) is 2.57. The fourth-order valence-corrected chi connectivity index (χ4v) is 3.64. The van der Waals surface area contributed by atoms with Crippen LogP contribution in [0.25, 0.3) is 11.5 Å². The Morgan fingerprint density at radius 2 is 1.94 bits per heavy atom. The van der Waals surface area contributed by atoms with E-state index in [2.05, 4.69) is 20.8 Å². The van der Waals surface area contributed by atoms with Crippen LogP contribution in [0.15, 0.2) is 53.1 Å². The van der Waals surface area contributed by atoms with E-state index in [4.69, 9.17) is 9.26 Å². The van der Waals surface area contributed by atoms with Crippen molar-refractivity contribution in [2.45, 2.75) is 32.3 Å². The molecule has 34 heavy (non-hydrogen) atoms. The van der Waals surface area contributed by atoms with Crippen molar-refractivity contribution in [2.75, 3.05) is 32.1 Å². The lowest BCUT2D eigenvalue weighted by Crippen LogP contribution is -2.33. The van der Waals surface area contributed by atoms with Gasteiger partial charge in [-0.2, -0.15) is 4.98 Å². The van der Waals surface area contributed by atoms with Gasteiger partial charge in [0.15, 0.2) is 5.82 Å². The smallest absolute Gasteiger partial charge is 0.321 e. The van der Waals surface area contributed by atoms with Crippen LogP contribution in [0.2, 0.25) is 0 Å². The molecule has 2 N–H and O–H groups in total. The van der Waals surface area contributed by atoms with Crippen molar-refractivity contribution < 1.29 is 18.8 Å². The first-order chi connectivity index (χ1) is 16.5. The van der Waals surface area contributed by atoms with Crippen LogP contribution in [0.1, 0.15) is 34.6 Å². The molecule has 0 bridgehead atoms. The van der Waals surface area contributed by atoms with Crippen LogP contribution in [0.4, 0.5) is 10.5 Å². The third-order valence-corrected chi connectivity index (χ3v) is 5.78. The second-order valence-corrected chi connectivity index (χ2v) is 8.35. The van der Waals surface area contributed by atoms with E-state index in [0.717, 1.165) is 36.3 Å². The number of ether oxygens (including phenoxy) is 1. The van der Waals surface area contributed by atoms with E-state index in [1.165, 1.54) is 0 Å². The quantitative estimate of drug-likeness (QED) is 0.528. The molecule has 2 heterocycles. The minimum absolute atomic E-state index is 0.104. The topological polar surface area (TPSA) is 110 Å². The van der Waals surface area contributed by atoms with Gasteiger partial charge in [0.05, 0.1) is 6.10 Å². The number of hydrogen-bond acceptors (Lipinski definition) is 6. The molecular weight excluding hydrogens is 434 g/mol. The molecule has 1 atom stereocenters. The standard InChI is InChI=1S/C25H29N5O4/c1-17-6-3-4-8-21(17)27-25(32)30(2)14-13-22-28-24(34-29-22)19-11-9-18(10-12-19)23(31)26-16-20-7-5-15-33-20/h3-4,6,8-12,20H,5,7,13-16H2,1-2H3,(H,26,31)(H,27,32)/t20-/m0/s1. The van der Waals surface area contributed by atoms with Crippen LogP contribution in [-0.2, 0) is 11.2 Å². The van der Waals surface area contributed by atoms with E-state index in [-0.39, 0.29) is 18.0 Å². The van der Waals surface area contributed by atoms with Crippen LogP contribution in [0.5, 0.6) is 0 Å². The van der Waals surface area contributed by atoms with Gasteiger partial charge in [0.2, 0.25) is 0 Å². The number of amides is 3. The van der Waals surface area contributed by atoms with E-state index in [1.807, 2.05) is 31.2 Å². The van der Waals surface area contributed by atoms with Crippen LogP contribution in [0.3, 0.4) is 0 Å². The Morgan fingerprint density at radius 3 is 2.68 bits per heavy atom. The average Bonchev–Trinajstić information content (AvgIpc) is 3.55. The highest BCUT2D eigenvalue weighted by Gasteiger charge is 2.17. The van der Waals surface area contributed by atoms with Gasteiger partial charge >= 0.3 is 6.03 Å². The number of para-hydroxylation sites is 1. The molecule has 0 saturated carbocycles. The average molecular weight is 464 g/mol. The zero-order valence-corrected chi connectivity index (χ0v) is 19.4. The Morgan fingerprint density at radius 1 is 1.15 bits per heavy atom. The third-order valence-electron chi connectivity index (χ3n) is 5.78. The van der Waals surface area contributed by atoms with Crippen LogP contribution < -0.4 is 10.6 Å². The number of likely N-dealkylation sites (N-methyl/N-ethyl adjacent to an activating group) is 1. The van der Waals surface area contributed by atoms with Crippen molar-refractivity contribution in [1.82, 2.24) is 20.4 Å². The van der Waals surface area contributed by atoms with Crippen molar-refractivity contribution in [1.29, 1.82) is 0 Å². The Hall–Kier alpha value is -3.72. The summed E-state index contributed by atoms with van der Waals surface area (Å²) < 4.78 is 10.9. The lowest BCUT2D eigenvalue weighted by atomic mass is 10.1. The molecule has 2 aromatic carbocycles. The van der Waals surface area contributed by atoms with Gasteiger partial charge in [0, 0.05) is 50.0 Å². The van der Waals surface area contributed by atoms with Gasteiger partial charge in [-0.05, 0) is 55.7 Å². The minimum Gasteiger partial charge on any atom is -0.376 e. The number of urea groups is 1. The highest BCUT2D eigenvalue weighted by molar-refractivity contribution is 5.94. The van der Waals surface area contributed by atoms with Gasteiger partial charge in [-0.15, -0.1) is 0 Å². The van der Waals surface area contributed by atoms with Crippen molar-refractivity contribution in [3.05, 3.63) is 65.5 Å². The third kappa shape index (κ3) is 5.99. The molecule has 1 aromatic heterocycles. The highest BCUT2D eigenvalue weighted by Crippen LogP contribution is 2.19. The Labute approximate surface area is 198 Å². The maximum absolute atomic E-state index is 12.4. The lowest BCUT2D eigenvalue weighted by Gasteiger charge is -2.18. The summed E-state index contributed by atoms with van der Waals surface area (Å²) in [5, 5.41) is 9.82. The molecule has 1 aliphatic rings. The summed E-state index contributed by atoms with van der Waals surface area (Å²) in [6, 6.07) is 14.4. The monoisotopic (exact) mass is 463 g/mol. The highest BCUT2D eigenvalue weighted by atomic mass is 16.5. The van der Waals surface area contributed by atoms with Crippen molar-refractivity contribution in [2.24, 2.45) is 0 Å². The SMILES string of the molecule is Cc1ccccc1NC(=O)N(C)CCc1noc(-c2ccc(C(=O)NC[C@@H]3CCCO3)cc2)n1. The van der Waals surface area contributed by atoms with Crippen molar-refractivity contribution in [3.63, 3.8) is 0 Å². The number of hydrogen-bond donors (Lipinski definition) is 2. The van der Waals surface area contributed by atoms with Gasteiger partial charge < -0.3 is 24.8 Å². The summed E-state index contributed by atoms with van der Waals surface area (Å²) >= 11 is 0. The van der Waals surface area contributed by atoms with Gasteiger partial charge in [-0.1, -0.05) is 23.4 Å². The Bertz CT molecular complexity index is 1120. The first kappa shape index (κ1) is 23.4. The zero-order valence-electron chi connectivity index (χ0n) is 19.4. The molecule has 1 saturated heterocycles. The minimum atomic E-state index is -0.202. The number of carbonyl (C=O) groups is 2. The summed E-state index contributed by atoms with van der Waals surface area (Å²) in [6.45, 7) is 3.66. The number of carbonyl (C=O) groups excluding carboxylic acids is 2. The molecule has 178 valence electrons. The van der Waals surface area contributed by atoms with E-state index in [0.29, 0.717) is 36.8 Å². The van der Waals surface area contributed by atoms with Crippen molar-refractivity contribution >= 4 is 17.6 Å². The molecule has 3 aromatic rings. The first-order valence-corrected chi connectivity index (χ1v) is 11.4. The molecular formula is C25H29N5O4. The molecule has 3 amide bonds. The Kier molecular flexibility index (Phi) is 7.54. The predicted octanol–water partition coefficient (Wildman–Crippen LogP) is 3.66. The summed E-state index contributed by atoms with van der Waals surface area (Å²) in [5.41, 5.74) is 3.06. The number of aromatic nitrogens is 2. The zero-order chi connectivity index (χ0) is 23.9. The summed E-state index contributed by atoms with van der Waals surface area (Å²) in [4.78, 5) is 30.8. The first-order valence-electron chi connectivity index (χ1n) is 11.4. The number of rotatable bonds is 8. The normalized spacial score (nSPS) is 15.2. The largest absolute Gasteiger partial charge is 0.376 e.